The van der Waals surface area contributed by atoms with Crippen LogP contribution in [0, 0.1) is 6.92 Å². The van der Waals surface area contributed by atoms with E-state index in [1.807, 2.05) is 6.92 Å². The van der Waals surface area contributed by atoms with Crippen LogP contribution in [-0.2, 0) is 15.1 Å². The van der Waals surface area contributed by atoms with Crippen molar-refractivity contribution in [1.29, 1.82) is 0 Å². The lowest BCUT2D eigenvalue weighted by molar-refractivity contribution is -0.132. The zero-order valence-corrected chi connectivity index (χ0v) is 18.6. The van der Waals surface area contributed by atoms with Crippen molar-refractivity contribution in [2.24, 2.45) is 0 Å². The molecule has 1 aliphatic carbocycles. The molecule has 172 valence electrons. The molecule has 1 aromatic heterocycles. The number of nitrogens with one attached hydrogen (secondary N) is 1. The molecule has 3 rings (SSSR count). The van der Waals surface area contributed by atoms with E-state index < -0.39 is 34.9 Å². The summed E-state index contributed by atoms with van der Waals surface area (Å²) in [6, 6.07) is 9.32. The topological polar surface area (TPSA) is 62.3 Å². The van der Waals surface area contributed by atoms with Crippen LogP contribution in [-0.4, -0.2) is 34.4 Å². The van der Waals surface area contributed by atoms with Gasteiger partial charge in [0.25, 0.3) is 17.4 Å². The fourth-order valence-electron chi connectivity index (χ4n) is 3.92. The maximum atomic E-state index is 14.1. The third-order valence-corrected chi connectivity index (χ3v) is 6.05. The molecule has 0 spiro atoms. The van der Waals surface area contributed by atoms with Crippen molar-refractivity contribution in [3.8, 4) is 0 Å². The van der Waals surface area contributed by atoms with Crippen molar-refractivity contribution in [1.82, 2.24) is 10.3 Å². The highest BCUT2D eigenvalue weighted by molar-refractivity contribution is 6.32. The van der Waals surface area contributed by atoms with Crippen LogP contribution in [0.3, 0.4) is 0 Å². The summed E-state index contributed by atoms with van der Waals surface area (Å²) >= 11 is 5.54. The minimum absolute atomic E-state index is 0.0988. The highest BCUT2D eigenvalue weighted by Gasteiger charge is 2.48. The number of nitrogens with zero attached hydrogens (tertiary/aromatic N) is 2. The largest absolute Gasteiger partial charge is 0.351 e. The van der Waals surface area contributed by atoms with E-state index >= 15 is 0 Å². The summed E-state index contributed by atoms with van der Waals surface area (Å²) in [4.78, 5) is 31.6. The molecule has 32 heavy (non-hydrogen) atoms. The smallest absolute Gasteiger partial charge is 0.278 e. The second kappa shape index (κ2) is 9.48. The number of aromatic nitrogens is 1. The molecule has 0 bridgehead atoms. The van der Waals surface area contributed by atoms with Crippen molar-refractivity contribution in [3.63, 3.8) is 0 Å². The van der Waals surface area contributed by atoms with E-state index in [1.54, 1.807) is 36.4 Å². The number of amides is 2. The first-order valence-corrected chi connectivity index (χ1v) is 10.8. The Balaban J connectivity index is 2.05. The van der Waals surface area contributed by atoms with Gasteiger partial charge < -0.3 is 5.32 Å². The van der Waals surface area contributed by atoms with Gasteiger partial charge in [0.2, 0.25) is 5.92 Å². The first-order chi connectivity index (χ1) is 15.0. The standard InChI is InChI=1S/C23H25ClF3N3O2/c1-15-5-7-18(8-6-15)30(20(31)19(24)25)22(2,16-4-3-13-28-14-16)21(32)29-17-9-11-23(26,27)12-10-17/h3-8,13-14,17,19H,9-12H2,1-2H3,(H,29,32)/t19-,22+/m0/s1. The second-order valence-corrected chi connectivity index (χ2v) is 8.61. The van der Waals surface area contributed by atoms with Gasteiger partial charge in [0.05, 0.1) is 0 Å². The number of hydrogen-bond acceptors (Lipinski definition) is 3. The van der Waals surface area contributed by atoms with Crippen molar-refractivity contribution in [2.45, 2.75) is 62.7 Å². The quantitative estimate of drug-likeness (QED) is 0.617. The molecule has 1 saturated carbocycles. The number of aryl methyl sites for hydroxylation is 1. The van der Waals surface area contributed by atoms with Crippen LogP contribution in [0.4, 0.5) is 18.9 Å². The summed E-state index contributed by atoms with van der Waals surface area (Å²) in [5.74, 6) is -4.50. The monoisotopic (exact) mass is 467 g/mol. The maximum Gasteiger partial charge on any atom is 0.278 e. The molecule has 0 radical (unpaired) electrons. The lowest BCUT2D eigenvalue weighted by atomic mass is 9.87. The van der Waals surface area contributed by atoms with Crippen LogP contribution in [0.15, 0.2) is 48.8 Å². The fraction of sp³-hybridized carbons (Fsp3) is 0.435. The van der Waals surface area contributed by atoms with Gasteiger partial charge in [-0.1, -0.05) is 35.4 Å². The summed E-state index contributed by atoms with van der Waals surface area (Å²) in [5, 5.41) is 2.79. The molecule has 2 amide bonds. The van der Waals surface area contributed by atoms with Crippen LogP contribution in [0.5, 0.6) is 0 Å². The predicted octanol–water partition coefficient (Wildman–Crippen LogP) is 4.87. The predicted molar refractivity (Wildman–Crippen MR) is 116 cm³/mol. The number of carbonyl (C=O) groups excluding carboxylic acids is 2. The first-order valence-electron chi connectivity index (χ1n) is 10.3. The zero-order chi connectivity index (χ0) is 23.5. The van der Waals surface area contributed by atoms with Gasteiger partial charge in [-0.05, 0) is 44.9 Å². The Morgan fingerprint density at radius 3 is 2.38 bits per heavy atom. The number of halogens is 4. The SMILES string of the molecule is Cc1ccc(N(C(=O)[C@H](F)Cl)[C@@](C)(C(=O)NC2CCC(F)(F)CC2)c2cccnc2)cc1. The van der Waals surface area contributed by atoms with Crippen LogP contribution in [0.2, 0.25) is 0 Å². The maximum absolute atomic E-state index is 14.1. The highest BCUT2D eigenvalue weighted by atomic mass is 35.5. The van der Waals surface area contributed by atoms with Crippen molar-refractivity contribution < 1.29 is 22.8 Å². The Hall–Kier alpha value is -2.61. The Bertz CT molecular complexity index is 947. The molecular formula is C23H25ClF3N3O2. The van der Waals surface area contributed by atoms with Crippen LogP contribution < -0.4 is 10.2 Å². The van der Waals surface area contributed by atoms with Gasteiger partial charge in [-0.15, -0.1) is 0 Å². The number of pyridine rings is 1. The molecule has 1 heterocycles. The van der Waals surface area contributed by atoms with E-state index in [2.05, 4.69) is 10.3 Å². The summed E-state index contributed by atoms with van der Waals surface area (Å²) in [7, 11) is 0. The minimum atomic E-state index is -2.75. The third kappa shape index (κ3) is 5.06. The number of rotatable bonds is 6. The number of anilines is 1. The molecule has 1 aliphatic rings. The molecular weight excluding hydrogens is 443 g/mol. The lowest BCUT2D eigenvalue weighted by Crippen LogP contribution is -2.60. The van der Waals surface area contributed by atoms with Crippen LogP contribution >= 0.6 is 11.6 Å². The van der Waals surface area contributed by atoms with E-state index in [-0.39, 0.29) is 31.4 Å². The van der Waals surface area contributed by atoms with E-state index in [0.717, 1.165) is 10.5 Å². The molecule has 1 fully saturated rings. The molecule has 2 aromatic rings. The van der Waals surface area contributed by atoms with Crippen molar-refractivity contribution in [3.05, 3.63) is 59.9 Å². The molecule has 0 aliphatic heterocycles. The molecule has 0 unspecified atom stereocenters. The summed E-state index contributed by atoms with van der Waals surface area (Å²) in [6.45, 7) is 3.31. The highest BCUT2D eigenvalue weighted by Crippen LogP contribution is 2.37. The van der Waals surface area contributed by atoms with E-state index in [0.29, 0.717) is 5.56 Å². The van der Waals surface area contributed by atoms with E-state index in [1.165, 1.54) is 19.3 Å². The Labute approximate surface area is 190 Å². The average molecular weight is 468 g/mol. The number of alkyl halides is 4. The number of benzene rings is 1. The minimum Gasteiger partial charge on any atom is -0.351 e. The van der Waals surface area contributed by atoms with E-state index in [9.17, 15) is 22.8 Å². The van der Waals surface area contributed by atoms with Gasteiger partial charge in [0.1, 0.15) is 0 Å². The van der Waals surface area contributed by atoms with E-state index in [4.69, 9.17) is 11.6 Å². The number of carbonyl (C=O) groups is 2. The molecule has 5 nitrogen and oxygen atoms in total. The zero-order valence-electron chi connectivity index (χ0n) is 17.8. The molecule has 2 atom stereocenters. The first kappa shape index (κ1) is 24.0. The molecule has 1 aromatic carbocycles. The Morgan fingerprint density at radius 2 is 1.84 bits per heavy atom. The Kier molecular flexibility index (Phi) is 7.12. The van der Waals surface area contributed by atoms with Crippen LogP contribution in [0.25, 0.3) is 0 Å². The van der Waals surface area contributed by atoms with Gasteiger partial charge in [-0.3, -0.25) is 19.5 Å². The summed E-state index contributed by atoms with van der Waals surface area (Å²) in [5.41, 5.74) is -2.64. The van der Waals surface area contributed by atoms with Crippen molar-refractivity contribution in [2.75, 3.05) is 4.90 Å². The average Bonchev–Trinajstić information content (AvgIpc) is 2.77. The molecule has 1 N–H and O–H groups in total. The number of hydrogen-bond donors (Lipinski definition) is 1. The van der Waals surface area contributed by atoms with Gasteiger partial charge in [0, 0.05) is 42.5 Å². The van der Waals surface area contributed by atoms with Gasteiger partial charge in [0.15, 0.2) is 5.54 Å². The molecule has 0 saturated heterocycles. The van der Waals surface area contributed by atoms with Gasteiger partial charge in [-0.25, -0.2) is 13.2 Å². The lowest BCUT2D eigenvalue weighted by Gasteiger charge is -2.41. The normalized spacial score (nSPS) is 18.9. The van der Waals surface area contributed by atoms with Gasteiger partial charge >= 0.3 is 0 Å². The van der Waals surface area contributed by atoms with Crippen molar-refractivity contribution >= 4 is 29.1 Å². The van der Waals surface area contributed by atoms with Crippen LogP contribution in [0.1, 0.15) is 43.7 Å². The third-order valence-electron chi connectivity index (χ3n) is 5.86. The second-order valence-electron chi connectivity index (χ2n) is 8.23. The van der Waals surface area contributed by atoms with Gasteiger partial charge in [-0.2, -0.15) is 0 Å². The summed E-state index contributed by atoms with van der Waals surface area (Å²) in [6.07, 6.45) is 2.43. The Morgan fingerprint density at radius 1 is 1.22 bits per heavy atom. The summed E-state index contributed by atoms with van der Waals surface area (Å²) < 4.78 is 41.2. The fourth-order valence-corrected chi connectivity index (χ4v) is 4.02. The molecule has 9 heteroatoms.